The summed E-state index contributed by atoms with van der Waals surface area (Å²) in [6.07, 6.45) is 3.29. The maximum absolute atomic E-state index is 14.1. The summed E-state index contributed by atoms with van der Waals surface area (Å²) in [6, 6.07) is 14.1. The molecule has 1 N–H and O–H groups in total. The Labute approximate surface area is 239 Å². The standard InChI is InChI=1S/C31H26F2N4O5/c32-22-7-5-20(25(33)14-22)6-8-26(38)24-17-37-28(30(40)29(24)39)31(41)35(18-36(37)16-23-3-1-2-11-34-23)15-19-4-9-27-21(13-19)10-12-42-27/h1-5,7,9,11,13-14,17,40H,6,8,10,12,15-16,18H2. The van der Waals surface area contributed by atoms with Gasteiger partial charge < -0.3 is 14.7 Å². The van der Waals surface area contributed by atoms with Gasteiger partial charge in [0.1, 0.15) is 24.1 Å². The molecule has 4 heterocycles. The Morgan fingerprint density at radius 2 is 1.90 bits per heavy atom. The fourth-order valence-corrected chi connectivity index (χ4v) is 5.28. The maximum Gasteiger partial charge on any atom is 0.278 e. The number of pyridine rings is 2. The van der Waals surface area contributed by atoms with E-state index in [2.05, 4.69) is 4.98 Å². The number of rotatable bonds is 8. The summed E-state index contributed by atoms with van der Waals surface area (Å²) in [5, 5.41) is 12.7. The van der Waals surface area contributed by atoms with Gasteiger partial charge in [-0.3, -0.25) is 29.1 Å². The lowest BCUT2D eigenvalue weighted by Gasteiger charge is -2.39. The number of aromatic nitrogens is 2. The molecule has 6 rings (SSSR count). The van der Waals surface area contributed by atoms with Gasteiger partial charge in [-0.1, -0.05) is 24.3 Å². The first-order valence-electron chi connectivity index (χ1n) is 13.4. The van der Waals surface area contributed by atoms with Crippen molar-refractivity contribution in [3.63, 3.8) is 0 Å². The number of hydrogen-bond acceptors (Lipinski definition) is 7. The number of ketones is 1. The number of halogens is 2. The van der Waals surface area contributed by atoms with E-state index in [0.29, 0.717) is 12.3 Å². The van der Waals surface area contributed by atoms with Gasteiger partial charge in [0.2, 0.25) is 5.43 Å². The zero-order valence-corrected chi connectivity index (χ0v) is 22.4. The van der Waals surface area contributed by atoms with Crippen LogP contribution in [0.1, 0.15) is 49.7 Å². The molecule has 0 spiro atoms. The fourth-order valence-electron chi connectivity index (χ4n) is 5.28. The number of benzene rings is 2. The Balaban J connectivity index is 1.33. The van der Waals surface area contributed by atoms with E-state index < -0.39 is 34.5 Å². The molecule has 2 aliphatic heterocycles. The van der Waals surface area contributed by atoms with Crippen molar-refractivity contribution in [2.24, 2.45) is 0 Å². The van der Waals surface area contributed by atoms with Crippen molar-refractivity contribution in [1.29, 1.82) is 0 Å². The Morgan fingerprint density at radius 1 is 1.05 bits per heavy atom. The first-order chi connectivity index (χ1) is 20.3. The minimum absolute atomic E-state index is 0.0761. The van der Waals surface area contributed by atoms with Crippen molar-refractivity contribution in [1.82, 2.24) is 14.6 Å². The average Bonchev–Trinajstić information content (AvgIpc) is 3.45. The lowest BCUT2D eigenvalue weighted by molar-refractivity contribution is 0.0669. The molecule has 214 valence electrons. The lowest BCUT2D eigenvalue weighted by Crippen LogP contribution is -2.53. The minimum Gasteiger partial charge on any atom is -0.502 e. The van der Waals surface area contributed by atoms with Crippen LogP contribution in [-0.4, -0.2) is 44.6 Å². The average molecular weight is 573 g/mol. The second-order valence-electron chi connectivity index (χ2n) is 10.2. The summed E-state index contributed by atoms with van der Waals surface area (Å²) < 4.78 is 34.3. The molecule has 0 bridgehead atoms. The molecule has 1 amide bonds. The molecule has 0 radical (unpaired) electrons. The van der Waals surface area contributed by atoms with Crippen LogP contribution in [0.2, 0.25) is 0 Å². The van der Waals surface area contributed by atoms with Crippen LogP contribution in [0.3, 0.4) is 0 Å². The summed E-state index contributed by atoms with van der Waals surface area (Å²) in [4.78, 5) is 45.9. The third kappa shape index (κ3) is 5.20. The molecule has 0 fully saturated rings. The number of amides is 1. The highest BCUT2D eigenvalue weighted by molar-refractivity contribution is 6.00. The van der Waals surface area contributed by atoms with E-state index in [0.717, 1.165) is 35.4 Å². The highest BCUT2D eigenvalue weighted by atomic mass is 19.1. The predicted octanol–water partition coefficient (Wildman–Crippen LogP) is 3.73. The second-order valence-corrected chi connectivity index (χ2v) is 10.2. The van der Waals surface area contributed by atoms with E-state index >= 15 is 0 Å². The molecule has 11 heteroatoms. The number of fused-ring (bicyclic) bond motifs is 2. The molecule has 4 aromatic rings. The molecule has 0 saturated carbocycles. The number of Topliss-reactive ketones (excluding diaryl/α,β-unsaturated/α-hetero) is 1. The Bertz CT molecular complexity index is 1760. The zero-order chi connectivity index (χ0) is 29.4. The van der Waals surface area contributed by atoms with Crippen LogP contribution in [0, 0.1) is 11.6 Å². The van der Waals surface area contributed by atoms with E-state index in [1.165, 1.54) is 21.8 Å². The van der Waals surface area contributed by atoms with Gasteiger partial charge in [0, 0.05) is 37.8 Å². The van der Waals surface area contributed by atoms with E-state index in [1.54, 1.807) is 23.3 Å². The third-order valence-corrected chi connectivity index (χ3v) is 7.43. The monoisotopic (exact) mass is 572 g/mol. The van der Waals surface area contributed by atoms with Gasteiger partial charge in [0.25, 0.3) is 5.91 Å². The number of aromatic hydroxyl groups is 1. The van der Waals surface area contributed by atoms with Gasteiger partial charge in [-0.05, 0) is 47.4 Å². The van der Waals surface area contributed by atoms with Crippen LogP contribution < -0.4 is 15.2 Å². The second kappa shape index (κ2) is 11.1. The quantitative estimate of drug-likeness (QED) is 0.321. The molecule has 0 aliphatic carbocycles. The van der Waals surface area contributed by atoms with Crippen molar-refractivity contribution in [3.8, 4) is 11.5 Å². The number of ether oxygens (including phenoxy) is 1. The van der Waals surface area contributed by atoms with Crippen LogP contribution in [0.15, 0.2) is 71.8 Å². The highest BCUT2D eigenvalue weighted by Gasteiger charge is 2.34. The highest BCUT2D eigenvalue weighted by Crippen LogP contribution is 2.28. The molecular weight excluding hydrogens is 546 g/mol. The largest absolute Gasteiger partial charge is 0.502 e. The normalized spacial score (nSPS) is 14.0. The van der Waals surface area contributed by atoms with Gasteiger partial charge in [-0.15, -0.1) is 0 Å². The van der Waals surface area contributed by atoms with Crippen molar-refractivity contribution in [2.45, 2.75) is 32.4 Å². The van der Waals surface area contributed by atoms with Gasteiger partial charge in [-0.25, -0.2) is 8.78 Å². The smallest absolute Gasteiger partial charge is 0.278 e. The molecule has 0 atom stereocenters. The van der Waals surface area contributed by atoms with Crippen LogP contribution in [0.5, 0.6) is 11.5 Å². The zero-order valence-electron chi connectivity index (χ0n) is 22.4. The lowest BCUT2D eigenvalue weighted by atomic mass is 10.0. The third-order valence-electron chi connectivity index (χ3n) is 7.43. The molecule has 0 unspecified atom stereocenters. The van der Waals surface area contributed by atoms with E-state index in [1.807, 2.05) is 24.3 Å². The summed E-state index contributed by atoms with van der Waals surface area (Å²) in [5.74, 6) is -2.80. The van der Waals surface area contributed by atoms with Gasteiger partial charge in [-0.2, -0.15) is 0 Å². The van der Waals surface area contributed by atoms with Crippen molar-refractivity contribution < 1.29 is 28.2 Å². The van der Waals surface area contributed by atoms with Crippen molar-refractivity contribution in [2.75, 3.05) is 18.3 Å². The SMILES string of the molecule is O=C(CCc1ccc(F)cc1F)c1cn2c(c(O)c1=O)C(=O)N(Cc1ccc3c(c1)CCO3)CN2Cc1ccccn1. The Hall–Kier alpha value is -5.06. The molecule has 2 aromatic carbocycles. The maximum atomic E-state index is 14.1. The first kappa shape index (κ1) is 27.1. The number of aryl methyl sites for hydroxylation is 1. The topological polar surface area (TPSA) is 105 Å². The summed E-state index contributed by atoms with van der Waals surface area (Å²) in [7, 11) is 0. The predicted molar refractivity (Wildman–Crippen MR) is 148 cm³/mol. The Morgan fingerprint density at radius 3 is 2.69 bits per heavy atom. The summed E-state index contributed by atoms with van der Waals surface area (Å²) >= 11 is 0. The number of carbonyl (C=O) groups is 2. The van der Waals surface area contributed by atoms with E-state index in [4.69, 9.17) is 4.74 Å². The van der Waals surface area contributed by atoms with Crippen LogP contribution in [0.25, 0.3) is 0 Å². The van der Waals surface area contributed by atoms with E-state index in [-0.39, 0.29) is 49.4 Å². The van der Waals surface area contributed by atoms with Crippen LogP contribution >= 0.6 is 0 Å². The molecule has 0 saturated heterocycles. The minimum atomic E-state index is -0.992. The van der Waals surface area contributed by atoms with Crippen molar-refractivity contribution >= 4 is 11.7 Å². The summed E-state index contributed by atoms with van der Waals surface area (Å²) in [5.41, 5.74) is 1.08. The molecule has 9 nitrogen and oxygen atoms in total. The Kier molecular flexibility index (Phi) is 7.15. The van der Waals surface area contributed by atoms with Gasteiger partial charge in [0.05, 0.1) is 24.4 Å². The fraction of sp³-hybridized carbons (Fsp3) is 0.226. The van der Waals surface area contributed by atoms with Gasteiger partial charge >= 0.3 is 0 Å². The summed E-state index contributed by atoms with van der Waals surface area (Å²) in [6.45, 7) is 1.09. The van der Waals surface area contributed by atoms with E-state index in [9.17, 15) is 28.3 Å². The molecular formula is C31H26F2N4O5. The molecule has 2 aliphatic rings. The van der Waals surface area contributed by atoms with Crippen LogP contribution in [-0.2, 0) is 25.9 Å². The van der Waals surface area contributed by atoms with Crippen LogP contribution in [0.4, 0.5) is 8.78 Å². The molecule has 42 heavy (non-hydrogen) atoms. The number of nitrogens with zero attached hydrogens (tertiary/aromatic N) is 4. The van der Waals surface area contributed by atoms with Gasteiger partial charge in [0.15, 0.2) is 17.2 Å². The number of carbonyl (C=O) groups excluding carboxylic acids is 2. The number of hydrogen-bond donors (Lipinski definition) is 1. The first-order valence-corrected chi connectivity index (χ1v) is 13.4. The van der Waals surface area contributed by atoms with Crippen molar-refractivity contribution in [3.05, 3.63) is 122 Å². The molecule has 2 aromatic heterocycles.